The van der Waals surface area contributed by atoms with Gasteiger partial charge in [0.1, 0.15) is 5.82 Å². The first-order valence-electron chi connectivity index (χ1n) is 9.90. The maximum atomic E-state index is 6.15. The van der Waals surface area contributed by atoms with E-state index in [9.17, 15) is 0 Å². The monoisotopic (exact) mass is 368 g/mol. The van der Waals surface area contributed by atoms with E-state index in [0.717, 1.165) is 80.6 Å². The zero-order valence-corrected chi connectivity index (χ0v) is 16.2. The summed E-state index contributed by atoms with van der Waals surface area (Å²) in [6.07, 6.45) is 7.16. The third-order valence-corrected chi connectivity index (χ3v) is 5.62. The summed E-state index contributed by atoms with van der Waals surface area (Å²) in [4.78, 5) is 16.1. The Kier molecular flexibility index (Phi) is 5.64. The van der Waals surface area contributed by atoms with Crippen molar-refractivity contribution in [1.82, 2.24) is 15.0 Å². The molecule has 2 aromatic rings. The van der Waals surface area contributed by atoms with Gasteiger partial charge < -0.3 is 14.4 Å². The number of hydrogen-bond acceptors (Lipinski definition) is 6. The van der Waals surface area contributed by atoms with Gasteiger partial charge in [0.15, 0.2) is 5.82 Å². The first kappa shape index (κ1) is 18.3. The van der Waals surface area contributed by atoms with E-state index in [4.69, 9.17) is 14.5 Å². The second kappa shape index (κ2) is 8.31. The average molecular weight is 368 g/mol. The largest absolute Gasteiger partial charge is 0.381 e. The van der Waals surface area contributed by atoms with Crippen LogP contribution >= 0.6 is 0 Å². The Balaban J connectivity index is 1.42. The molecule has 6 heteroatoms. The number of anilines is 1. The highest BCUT2D eigenvalue weighted by atomic mass is 16.5. The van der Waals surface area contributed by atoms with Crippen LogP contribution in [0.2, 0.25) is 0 Å². The lowest BCUT2D eigenvalue weighted by molar-refractivity contribution is 0.0131. The number of ether oxygens (including phenoxy) is 2. The van der Waals surface area contributed by atoms with Gasteiger partial charge in [-0.3, -0.25) is 4.98 Å². The van der Waals surface area contributed by atoms with Crippen molar-refractivity contribution < 1.29 is 9.47 Å². The molecule has 0 N–H and O–H groups in total. The van der Waals surface area contributed by atoms with Crippen LogP contribution in [0, 0.1) is 19.8 Å². The fourth-order valence-corrected chi connectivity index (χ4v) is 3.77. The van der Waals surface area contributed by atoms with E-state index < -0.39 is 0 Å². The second-order valence-corrected chi connectivity index (χ2v) is 7.57. The highest BCUT2D eigenvalue weighted by Crippen LogP contribution is 2.27. The minimum atomic E-state index is 0.350. The van der Waals surface area contributed by atoms with Crippen LogP contribution in [-0.4, -0.2) is 54.0 Å². The predicted octanol–water partition coefficient (Wildman–Crippen LogP) is 3.18. The topological polar surface area (TPSA) is 60.4 Å². The van der Waals surface area contributed by atoms with Gasteiger partial charge in [0.25, 0.3) is 0 Å². The van der Waals surface area contributed by atoms with E-state index in [1.165, 1.54) is 0 Å². The molecular formula is C21H28N4O2. The molecule has 0 radical (unpaired) electrons. The maximum absolute atomic E-state index is 6.15. The number of nitrogens with zero attached hydrogens (tertiary/aromatic N) is 4. The molecule has 2 fully saturated rings. The Bertz CT molecular complexity index is 754. The van der Waals surface area contributed by atoms with Gasteiger partial charge in [0.05, 0.1) is 19.3 Å². The molecule has 0 spiro atoms. The fraction of sp³-hybridized carbons (Fsp3) is 0.571. The zero-order chi connectivity index (χ0) is 18.6. The maximum Gasteiger partial charge on any atom is 0.163 e. The van der Waals surface area contributed by atoms with Crippen LogP contribution in [0.1, 0.15) is 30.5 Å². The molecule has 2 saturated heterocycles. The average Bonchev–Trinajstić information content (AvgIpc) is 3.23. The molecule has 0 saturated carbocycles. The molecule has 1 atom stereocenters. The van der Waals surface area contributed by atoms with Crippen molar-refractivity contribution in [2.24, 2.45) is 5.92 Å². The molecule has 2 aliphatic rings. The Morgan fingerprint density at radius 1 is 1.19 bits per heavy atom. The van der Waals surface area contributed by atoms with Crippen molar-refractivity contribution in [3.8, 4) is 11.4 Å². The molecule has 27 heavy (non-hydrogen) atoms. The first-order valence-corrected chi connectivity index (χ1v) is 9.90. The molecule has 2 aromatic heterocycles. The number of aromatic nitrogens is 3. The van der Waals surface area contributed by atoms with E-state index in [2.05, 4.69) is 28.7 Å². The van der Waals surface area contributed by atoms with E-state index in [1.807, 2.05) is 18.3 Å². The molecule has 2 aliphatic heterocycles. The van der Waals surface area contributed by atoms with Gasteiger partial charge >= 0.3 is 0 Å². The number of aryl methyl sites for hydroxylation is 1. The Labute approximate surface area is 161 Å². The standard InChI is InChI=1S/C21H28N4O2/c1-15-16(2)23-20(18-4-3-8-22-12-18)24-21(15)25-9-5-19(6-10-25)27-14-17-7-11-26-13-17/h3-4,8,12,17,19H,5-7,9-11,13-14H2,1-2H3. The van der Waals surface area contributed by atoms with Crippen LogP contribution in [-0.2, 0) is 9.47 Å². The SMILES string of the molecule is Cc1nc(-c2cccnc2)nc(N2CCC(OCC3CCOC3)CC2)c1C. The van der Waals surface area contributed by atoms with Crippen LogP contribution in [0.25, 0.3) is 11.4 Å². The quantitative estimate of drug-likeness (QED) is 0.808. The molecule has 0 aliphatic carbocycles. The van der Waals surface area contributed by atoms with Crippen LogP contribution < -0.4 is 4.90 Å². The van der Waals surface area contributed by atoms with Crippen LogP contribution in [0.4, 0.5) is 5.82 Å². The van der Waals surface area contributed by atoms with Gasteiger partial charge in [-0.1, -0.05) is 0 Å². The zero-order valence-electron chi connectivity index (χ0n) is 16.2. The van der Waals surface area contributed by atoms with Gasteiger partial charge in [0.2, 0.25) is 0 Å². The predicted molar refractivity (Wildman–Crippen MR) is 105 cm³/mol. The lowest BCUT2D eigenvalue weighted by Gasteiger charge is -2.34. The summed E-state index contributed by atoms with van der Waals surface area (Å²) in [6.45, 7) is 8.68. The molecule has 6 nitrogen and oxygen atoms in total. The number of hydrogen-bond donors (Lipinski definition) is 0. The van der Waals surface area contributed by atoms with Crippen LogP contribution in [0.3, 0.4) is 0 Å². The highest BCUT2D eigenvalue weighted by Gasteiger charge is 2.25. The minimum Gasteiger partial charge on any atom is -0.381 e. The van der Waals surface area contributed by atoms with Gasteiger partial charge in [-0.05, 0) is 45.2 Å². The molecule has 0 amide bonds. The lowest BCUT2D eigenvalue weighted by atomic mass is 10.1. The summed E-state index contributed by atoms with van der Waals surface area (Å²) in [6, 6.07) is 3.93. The summed E-state index contributed by atoms with van der Waals surface area (Å²) in [5, 5.41) is 0. The highest BCUT2D eigenvalue weighted by molar-refractivity contribution is 5.59. The number of rotatable bonds is 5. The van der Waals surface area contributed by atoms with E-state index in [0.29, 0.717) is 12.0 Å². The Morgan fingerprint density at radius 3 is 2.74 bits per heavy atom. The third-order valence-electron chi connectivity index (χ3n) is 5.62. The van der Waals surface area contributed by atoms with Crippen molar-refractivity contribution in [3.05, 3.63) is 35.8 Å². The summed E-state index contributed by atoms with van der Waals surface area (Å²) in [5.41, 5.74) is 3.14. The van der Waals surface area contributed by atoms with Gasteiger partial charge in [-0.25, -0.2) is 9.97 Å². The molecule has 0 bridgehead atoms. The second-order valence-electron chi connectivity index (χ2n) is 7.57. The molecular weight excluding hydrogens is 340 g/mol. The molecule has 4 rings (SSSR count). The van der Waals surface area contributed by atoms with Crippen molar-refractivity contribution in [3.63, 3.8) is 0 Å². The van der Waals surface area contributed by atoms with E-state index in [-0.39, 0.29) is 0 Å². The Morgan fingerprint density at radius 2 is 2.04 bits per heavy atom. The van der Waals surface area contributed by atoms with E-state index in [1.54, 1.807) is 6.20 Å². The molecule has 144 valence electrons. The fourth-order valence-electron chi connectivity index (χ4n) is 3.77. The van der Waals surface area contributed by atoms with Gasteiger partial charge in [-0.2, -0.15) is 0 Å². The Hall–Kier alpha value is -2.05. The first-order chi connectivity index (χ1) is 13.2. The number of piperidine rings is 1. The number of pyridine rings is 1. The minimum absolute atomic E-state index is 0.350. The van der Waals surface area contributed by atoms with Crippen molar-refractivity contribution in [2.75, 3.05) is 37.8 Å². The summed E-state index contributed by atoms with van der Waals surface area (Å²) in [7, 11) is 0. The lowest BCUT2D eigenvalue weighted by Crippen LogP contribution is -2.38. The van der Waals surface area contributed by atoms with Gasteiger partial charge in [-0.15, -0.1) is 0 Å². The van der Waals surface area contributed by atoms with Gasteiger partial charge in [0, 0.05) is 54.8 Å². The summed E-state index contributed by atoms with van der Waals surface area (Å²) < 4.78 is 11.6. The molecule has 4 heterocycles. The van der Waals surface area contributed by atoms with Crippen LogP contribution in [0.15, 0.2) is 24.5 Å². The smallest absolute Gasteiger partial charge is 0.163 e. The van der Waals surface area contributed by atoms with Crippen LogP contribution in [0.5, 0.6) is 0 Å². The third kappa shape index (κ3) is 4.28. The molecule has 1 unspecified atom stereocenters. The van der Waals surface area contributed by atoms with Crippen molar-refractivity contribution in [2.45, 2.75) is 39.2 Å². The van der Waals surface area contributed by atoms with E-state index >= 15 is 0 Å². The molecule has 0 aromatic carbocycles. The van der Waals surface area contributed by atoms with Crippen molar-refractivity contribution >= 4 is 5.82 Å². The summed E-state index contributed by atoms with van der Waals surface area (Å²) in [5.74, 6) is 2.38. The summed E-state index contributed by atoms with van der Waals surface area (Å²) >= 11 is 0. The van der Waals surface area contributed by atoms with Crippen molar-refractivity contribution in [1.29, 1.82) is 0 Å². The normalized spacial score (nSPS) is 21.0.